The second kappa shape index (κ2) is 3.58. The van der Waals surface area contributed by atoms with Crippen LogP contribution in [0.5, 0.6) is 0 Å². The van der Waals surface area contributed by atoms with Crippen molar-refractivity contribution >= 4 is 37.8 Å². The van der Waals surface area contributed by atoms with Crippen LogP contribution >= 0.6 is 31.9 Å². The Morgan fingerprint density at radius 3 is 2.42 bits per heavy atom. The predicted octanol–water partition coefficient (Wildman–Crippen LogP) is 3.22. The third-order valence-electron chi connectivity index (χ3n) is 1.52. The summed E-state index contributed by atoms with van der Waals surface area (Å²) in [5, 5.41) is 8.82. The molecule has 0 fully saturated rings. The standard InChI is InChI=1S/C8H6Br2O2/c1-4-2-3-5(9)7(10)6(4)8(11)12/h2-3H,1H3,(H,11,12). The Morgan fingerprint density at radius 2 is 2.00 bits per heavy atom. The van der Waals surface area contributed by atoms with Crippen molar-refractivity contribution in [3.05, 3.63) is 32.2 Å². The SMILES string of the molecule is Cc1ccc(Br)c(Br)c1C(=O)O. The number of rotatable bonds is 1. The lowest BCUT2D eigenvalue weighted by atomic mass is 10.1. The summed E-state index contributed by atoms with van der Waals surface area (Å²) in [6.45, 7) is 1.76. The summed E-state index contributed by atoms with van der Waals surface area (Å²) in [7, 11) is 0. The maximum absolute atomic E-state index is 10.7. The lowest BCUT2D eigenvalue weighted by Gasteiger charge is -2.04. The van der Waals surface area contributed by atoms with Gasteiger partial charge < -0.3 is 5.11 Å². The van der Waals surface area contributed by atoms with E-state index in [4.69, 9.17) is 5.11 Å². The van der Waals surface area contributed by atoms with E-state index in [-0.39, 0.29) is 0 Å². The number of hydrogen-bond donors (Lipinski definition) is 1. The first-order valence-electron chi connectivity index (χ1n) is 3.22. The van der Waals surface area contributed by atoms with Crippen LogP contribution in [0.4, 0.5) is 0 Å². The largest absolute Gasteiger partial charge is 0.478 e. The van der Waals surface area contributed by atoms with Gasteiger partial charge in [-0.25, -0.2) is 4.79 Å². The van der Waals surface area contributed by atoms with E-state index in [1.807, 2.05) is 6.07 Å². The van der Waals surface area contributed by atoms with Gasteiger partial charge in [0.15, 0.2) is 0 Å². The number of benzene rings is 1. The molecule has 0 aliphatic heterocycles. The van der Waals surface area contributed by atoms with Crippen molar-refractivity contribution in [2.24, 2.45) is 0 Å². The molecule has 0 aromatic heterocycles. The summed E-state index contributed by atoms with van der Waals surface area (Å²) in [6.07, 6.45) is 0. The fourth-order valence-corrected chi connectivity index (χ4v) is 1.85. The van der Waals surface area contributed by atoms with Gasteiger partial charge in [-0.3, -0.25) is 0 Å². The van der Waals surface area contributed by atoms with Crippen molar-refractivity contribution in [1.29, 1.82) is 0 Å². The highest BCUT2D eigenvalue weighted by Gasteiger charge is 2.13. The molecule has 1 aromatic carbocycles. The van der Waals surface area contributed by atoms with Crippen molar-refractivity contribution in [2.75, 3.05) is 0 Å². The third kappa shape index (κ3) is 1.69. The molecule has 1 aromatic rings. The van der Waals surface area contributed by atoms with Gasteiger partial charge in [-0.2, -0.15) is 0 Å². The highest BCUT2D eigenvalue weighted by molar-refractivity contribution is 9.13. The first-order chi connectivity index (χ1) is 5.54. The minimum atomic E-state index is -0.916. The molecule has 0 aliphatic rings. The second-order valence-electron chi connectivity index (χ2n) is 2.36. The van der Waals surface area contributed by atoms with Crippen LogP contribution in [-0.2, 0) is 0 Å². The van der Waals surface area contributed by atoms with E-state index < -0.39 is 5.97 Å². The normalized spacial score (nSPS) is 9.92. The Bertz CT molecular complexity index is 334. The molecule has 0 radical (unpaired) electrons. The zero-order valence-electron chi connectivity index (χ0n) is 6.27. The first-order valence-corrected chi connectivity index (χ1v) is 4.80. The van der Waals surface area contributed by atoms with Gasteiger partial charge in [0.1, 0.15) is 0 Å². The number of carbonyl (C=O) groups is 1. The number of aryl methyl sites for hydroxylation is 1. The van der Waals surface area contributed by atoms with Crippen molar-refractivity contribution in [2.45, 2.75) is 6.92 Å². The van der Waals surface area contributed by atoms with E-state index in [0.29, 0.717) is 10.0 Å². The second-order valence-corrected chi connectivity index (χ2v) is 4.01. The Hall–Kier alpha value is -0.350. The highest BCUT2D eigenvalue weighted by atomic mass is 79.9. The van der Waals surface area contributed by atoms with E-state index in [2.05, 4.69) is 31.9 Å². The third-order valence-corrected chi connectivity index (χ3v) is 3.53. The van der Waals surface area contributed by atoms with E-state index in [9.17, 15) is 4.79 Å². The average molecular weight is 294 g/mol. The van der Waals surface area contributed by atoms with Gasteiger partial charge in [-0.05, 0) is 50.4 Å². The topological polar surface area (TPSA) is 37.3 Å². The van der Waals surface area contributed by atoms with Crippen molar-refractivity contribution < 1.29 is 9.90 Å². The van der Waals surface area contributed by atoms with Gasteiger partial charge in [0.25, 0.3) is 0 Å². The molecule has 0 atom stereocenters. The Balaban J connectivity index is 3.43. The van der Waals surface area contributed by atoms with Crippen LogP contribution in [0.3, 0.4) is 0 Å². The maximum atomic E-state index is 10.7. The van der Waals surface area contributed by atoms with Crippen molar-refractivity contribution in [3.63, 3.8) is 0 Å². The molecule has 2 nitrogen and oxygen atoms in total. The van der Waals surface area contributed by atoms with Gasteiger partial charge in [0.05, 0.1) is 5.56 Å². The zero-order valence-corrected chi connectivity index (χ0v) is 9.44. The van der Waals surface area contributed by atoms with Crippen LogP contribution < -0.4 is 0 Å². The molecule has 0 unspecified atom stereocenters. The van der Waals surface area contributed by atoms with Gasteiger partial charge in [0.2, 0.25) is 0 Å². The zero-order chi connectivity index (χ0) is 9.30. The van der Waals surface area contributed by atoms with Gasteiger partial charge in [-0.1, -0.05) is 6.07 Å². The van der Waals surface area contributed by atoms with Gasteiger partial charge in [0, 0.05) is 8.95 Å². The molecule has 1 rings (SSSR count). The maximum Gasteiger partial charge on any atom is 0.337 e. The molecule has 64 valence electrons. The Labute approximate surface area is 86.9 Å². The molecule has 12 heavy (non-hydrogen) atoms. The molecule has 0 aliphatic carbocycles. The van der Waals surface area contributed by atoms with Crippen LogP contribution in [0.2, 0.25) is 0 Å². The first kappa shape index (κ1) is 9.74. The number of hydrogen-bond acceptors (Lipinski definition) is 1. The number of carboxylic acids is 1. The predicted molar refractivity (Wildman–Crippen MR) is 53.5 cm³/mol. The monoisotopic (exact) mass is 292 g/mol. The number of carboxylic acid groups (broad SMARTS) is 1. The van der Waals surface area contributed by atoms with Gasteiger partial charge >= 0.3 is 5.97 Å². The molecule has 0 saturated carbocycles. The summed E-state index contributed by atoms with van der Waals surface area (Å²) in [5.41, 5.74) is 1.06. The van der Waals surface area contributed by atoms with Crippen LogP contribution in [0.25, 0.3) is 0 Å². The molecule has 1 N–H and O–H groups in total. The van der Waals surface area contributed by atoms with Crippen LogP contribution in [0, 0.1) is 6.92 Å². The summed E-state index contributed by atoms with van der Waals surface area (Å²) in [5.74, 6) is -0.916. The molecule has 0 amide bonds. The lowest BCUT2D eigenvalue weighted by molar-refractivity contribution is 0.0695. The fraction of sp³-hybridized carbons (Fsp3) is 0.125. The summed E-state index contributed by atoms with van der Waals surface area (Å²) >= 11 is 6.44. The molecular formula is C8H6Br2O2. The molecular weight excluding hydrogens is 288 g/mol. The average Bonchev–Trinajstić information content (AvgIpc) is 1.97. The Kier molecular flexibility index (Phi) is 2.90. The van der Waals surface area contributed by atoms with Crippen molar-refractivity contribution in [1.82, 2.24) is 0 Å². The van der Waals surface area contributed by atoms with E-state index in [1.54, 1.807) is 13.0 Å². The number of halogens is 2. The fourth-order valence-electron chi connectivity index (χ4n) is 0.910. The molecule has 4 heteroatoms. The summed E-state index contributed by atoms with van der Waals surface area (Å²) in [6, 6.07) is 3.57. The smallest absolute Gasteiger partial charge is 0.337 e. The molecule has 0 saturated heterocycles. The molecule has 0 spiro atoms. The van der Waals surface area contributed by atoms with Crippen LogP contribution in [0.1, 0.15) is 15.9 Å². The molecule has 0 bridgehead atoms. The van der Waals surface area contributed by atoms with Crippen LogP contribution in [-0.4, -0.2) is 11.1 Å². The Morgan fingerprint density at radius 1 is 1.42 bits per heavy atom. The quantitative estimate of drug-likeness (QED) is 0.863. The van der Waals surface area contributed by atoms with Crippen molar-refractivity contribution in [3.8, 4) is 0 Å². The van der Waals surface area contributed by atoms with E-state index in [0.717, 1.165) is 10.0 Å². The summed E-state index contributed by atoms with van der Waals surface area (Å²) in [4.78, 5) is 10.7. The highest BCUT2D eigenvalue weighted by Crippen LogP contribution is 2.28. The van der Waals surface area contributed by atoms with E-state index in [1.165, 1.54) is 0 Å². The minimum absolute atomic E-state index is 0.310. The van der Waals surface area contributed by atoms with E-state index >= 15 is 0 Å². The summed E-state index contributed by atoms with van der Waals surface area (Å²) < 4.78 is 1.35. The minimum Gasteiger partial charge on any atom is -0.478 e. The van der Waals surface area contributed by atoms with Gasteiger partial charge in [-0.15, -0.1) is 0 Å². The number of aromatic carboxylic acids is 1. The molecule has 0 heterocycles. The van der Waals surface area contributed by atoms with Crippen LogP contribution in [0.15, 0.2) is 21.1 Å². The lowest BCUT2D eigenvalue weighted by Crippen LogP contribution is -2.01.